The maximum absolute atomic E-state index is 12.5. The lowest BCUT2D eigenvalue weighted by atomic mass is 10.1. The number of nitrogens with two attached hydrogens (primary N) is 1. The van der Waals surface area contributed by atoms with Crippen LogP contribution < -0.4 is 11.1 Å². The van der Waals surface area contributed by atoms with Crippen LogP contribution in [-0.2, 0) is 15.7 Å². The number of nitrogen functional groups attached to an aromatic ring is 1. The Morgan fingerprint density at radius 2 is 2.14 bits per heavy atom. The molecule has 1 atom stereocenters. The van der Waals surface area contributed by atoms with Gasteiger partial charge in [-0.3, -0.25) is 4.79 Å². The minimum atomic E-state index is -4.46. The Morgan fingerprint density at radius 3 is 2.67 bits per heavy atom. The highest BCUT2D eigenvalue weighted by molar-refractivity contribution is 8.00. The first-order valence-corrected chi connectivity index (χ1v) is 7.18. The summed E-state index contributed by atoms with van der Waals surface area (Å²) >= 11 is 1.38. The first-order chi connectivity index (χ1) is 9.75. The van der Waals surface area contributed by atoms with Crippen LogP contribution in [0.5, 0.6) is 0 Å². The number of benzene rings is 1. The molecule has 0 fully saturated rings. The van der Waals surface area contributed by atoms with Gasteiger partial charge in [-0.15, -0.1) is 11.8 Å². The van der Waals surface area contributed by atoms with Crippen molar-refractivity contribution in [1.82, 2.24) is 0 Å². The molecular weight excluding hydrogens is 305 g/mol. The molecule has 0 aliphatic carbocycles. The van der Waals surface area contributed by atoms with Gasteiger partial charge in [-0.2, -0.15) is 13.2 Å². The monoisotopic (exact) mass is 322 g/mol. The largest absolute Gasteiger partial charge is 0.416 e. The number of hydrogen-bond acceptors (Lipinski definition) is 4. The molecule has 1 unspecified atom stereocenters. The molecule has 21 heavy (non-hydrogen) atoms. The van der Waals surface area contributed by atoms with Crippen molar-refractivity contribution in [3.63, 3.8) is 0 Å². The molecule has 0 aliphatic heterocycles. The highest BCUT2D eigenvalue weighted by Gasteiger charge is 2.31. The summed E-state index contributed by atoms with van der Waals surface area (Å²) in [4.78, 5) is 11.9. The van der Waals surface area contributed by atoms with Gasteiger partial charge in [0.15, 0.2) is 0 Å². The van der Waals surface area contributed by atoms with Crippen LogP contribution in [0.2, 0.25) is 0 Å². The summed E-state index contributed by atoms with van der Waals surface area (Å²) in [6, 6.07) is 2.84. The Labute approximate surface area is 125 Å². The number of nitrogens with one attached hydrogen (secondary N) is 1. The van der Waals surface area contributed by atoms with Gasteiger partial charge in [0.1, 0.15) is 0 Å². The normalized spacial score (nSPS) is 13.0. The molecule has 0 bridgehead atoms. The molecule has 0 saturated carbocycles. The highest BCUT2D eigenvalue weighted by atomic mass is 32.2. The quantitative estimate of drug-likeness (QED) is 0.624. The molecule has 8 heteroatoms. The van der Waals surface area contributed by atoms with Gasteiger partial charge in [-0.1, -0.05) is 0 Å². The van der Waals surface area contributed by atoms with E-state index in [4.69, 9.17) is 10.5 Å². The molecule has 0 spiro atoms. The van der Waals surface area contributed by atoms with Gasteiger partial charge in [-0.25, -0.2) is 0 Å². The number of carbonyl (C=O) groups is 1. The van der Waals surface area contributed by atoms with Gasteiger partial charge in [0.05, 0.1) is 28.8 Å². The van der Waals surface area contributed by atoms with Crippen LogP contribution in [0.3, 0.4) is 0 Å². The number of halogens is 3. The Hall–Kier alpha value is -1.41. The maximum atomic E-state index is 12.5. The van der Waals surface area contributed by atoms with Crippen molar-refractivity contribution in [1.29, 1.82) is 0 Å². The predicted octanol–water partition coefficient (Wildman–Crippen LogP) is 2.99. The number of thioether (sulfide) groups is 1. The third-order valence-electron chi connectivity index (χ3n) is 2.66. The third kappa shape index (κ3) is 5.47. The summed E-state index contributed by atoms with van der Waals surface area (Å²) in [6.45, 7) is 2.22. The second-order valence-corrected chi connectivity index (χ2v) is 5.74. The van der Waals surface area contributed by atoms with Gasteiger partial charge in [-0.05, 0) is 25.1 Å². The molecule has 0 aromatic heterocycles. The first-order valence-electron chi connectivity index (χ1n) is 6.14. The molecule has 0 radical (unpaired) electrons. The van der Waals surface area contributed by atoms with Crippen molar-refractivity contribution in [3.8, 4) is 0 Å². The van der Waals surface area contributed by atoms with Gasteiger partial charge >= 0.3 is 6.18 Å². The van der Waals surface area contributed by atoms with Crippen molar-refractivity contribution >= 4 is 29.0 Å². The van der Waals surface area contributed by atoms with E-state index < -0.39 is 11.7 Å². The molecule has 0 saturated heterocycles. The first kappa shape index (κ1) is 17.6. The molecule has 1 aromatic carbocycles. The molecular formula is C13H17F3N2O2S. The van der Waals surface area contributed by atoms with E-state index in [0.29, 0.717) is 12.4 Å². The molecule has 118 valence electrons. The molecule has 0 heterocycles. The minimum absolute atomic E-state index is 0.118. The van der Waals surface area contributed by atoms with Crippen molar-refractivity contribution < 1.29 is 22.7 Å². The van der Waals surface area contributed by atoms with Crippen LogP contribution >= 0.6 is 11.8 Å². The van der Waals surface area contributed by atoms with Crippen LogP contribution in [0, 0.1) is 0 Å². The standard InChI is InChI=1S/C13H17F3N2O2S/c1-8(21-6-5-20-2)12(19)18-11-4-3-9(7-10(11)17)13(14,15)16/h3-4,7-8H,5-6,17H2,1-2H3,(H,18,19). The zero-order valence-electron chi connectivity index (χ0n) is 11.7. The molecule has 1 amide bonds. The number of alkyl halides is 3. The number of hydrogen-bond donors (Lipinski definition) is 2. The van der Waals surface area contributed by atoms with Crippen LogP contribution in [0.25, 0.3) is 0 Å². The molecule has 0 aliphatic rings. The zero-order valence-corrected chi connectivity index (χ0v) is 12.5. The van der Waals surface area contributed by atoms with Gasteiger partial charge < -0.3 is 15.8 Å². The molecule has 1 aromatic rings. The second kappa shape index (κ2) is 7.56. The summed E-state index contributed by atoms with van der Waals surface area (Å²) in [5.74, 6) is 0.329. The number of methoxy groups -OCH3 is 1. The number of amides is 1. The van der Waals surface area contributed by atoms with E-state index in [1.54, 1.807) is 14.0 Å². The Kier molecular flexibility index (Phi) is 6.35. The summed E-state index contributed by atoms with van der Waals surface area (Å²) in [5.41, 5.74) is 4.75. The summed E-state index contributed by atoms with van der Waals surface area (Å²) < 4.78 is 42.4. The second-order valence-electron chi connectivity index (χ2n) is 4.29. The van der Waals surface area contributed by atoms with Crippen molar-refractivity contribution in [2.45, 2.75) is 18.3 Å². The zero-order chi connectivity index (χ0) is 16.0. The third-order valence-corrected chi connectivity index (χ3v) is 3.78. The fourth-order valence-corrected chi connectivity index (χ4v) is 2.30. The molecule has 1 rings (SSSR count). The van der Waals surface area contributed by atoms with Gasteiger partial charge in [0, 0.05) is 12.9 Å². The van der Waals surface area contributed by atoms with E-state index in [1.807, 2.05) is 0 Å². The highest BCUT2D eigenvalue weighted by Crippen LogP contribution is 2.33. The number of anilines is 2. The van der Waals surface area contributed by atoms with E-state index in [0.717, 1.165) is 18.2 Å². The lowest BCUT2D eigenvalue weighted by Crippen LogP contribution is -2.24. The smallest absolute Gasteiger partial charge is 0.397 e. The Balaban J connectivity index is 2.68. The van der Waals surface area contributed by atoms with Gasteiger partial charge in [0.2, 0.25) is 5.91 Å². The van der Waals surface area contributed by atoms with Gasteiger partial charge in [0.25, 0.3) is 0 Å². The fourth-order valence-electron chi connectivity index (χ4n) is 1.47. The number of ether oxygens (including phenoxy) is 1. The van der Waals surface area contributed by atoms with E-state index >= 15 is 0 Å². The SMILES string of the molecule is COCCSC(C)C(=O)Nc1ccc(C(F)(F)F)cc1N. The average molecular weight is 322 g/mol. The topological polar surface area (TPSA) is 64.3 Å². The lowest BCUT2D eigenvalue weighted by Gasteiger charge is -2.14. The maximum Gasteiger partial charge on any atom is 0.416 e. The van der Waals surface area contributed by atoms with Crippen LogP contribution in [-0.4, -0.2) is 30.6 Å². The molecule has 3 N–H and O–H groups in total. The predicted molar refractivity (Wildman–Crippen MR) is 78.3 cm³/mol. The lowest BCUT2D eigenvalue weighted by molar-refractivity contribution is -0.137. The molecule has 4 nitrogen and oxygen atoms in total. The fraction of sp³-hybridized carbons (Fsp3) is 0.462. The van der Waals surface area contributed by atoms with Crippen LogP contribution in [0.4, 0.5) is 24.5 Å². The van der Waals surface area contributed by atoms with E-state index in [9.17, 15) is 18.0 Å². The number of rotatable bonds is 6. The van der Waals surface area contributed by atoms with E-state index in [2.05, 4.69) is 5.32 Å². The van der Waals surface area contributed by atoms with Crippen LogP contribution in [0.15, 0.2) is 18.2 Å². The van der Waals surface area contributed by atoms with Crippen molar-refractivity contribution in [2.24, 2.45) is 0 Å². The Morgan fingerprint density at radius 1 is 1.48 bits per heavy atom. The summed E-state index contributed by atoms with van der Waals surface area (Å²) in [6.07, 6.45) is -4.46. The van der Waals surface area contributed by atoms with Crippen molar-refractivity contribution in [3.05, 3.63) is 23.8 Å². The minimum Gasteiger partial charge on any atom is -0.397 e. The Bertz CT molecular complexity index is 495. The van der Waals surface area contributed by atoms with Crippen molar-refractivity contribution in [2.75, 3.05) is 30.5 Å². The summed E-state index contributed by atoms with van der Waals surface area (Å²) in [7, 11) is 1.56. The van der Waals surface area contributed by atoms with E-state index in [1.165, 1.54) is 11.8 Å². The van der Waals surface area contributed by atoms with E-state index in [-0.39, 0.29) is 22.5 Å². The number of carbonyl (C=O) groups excluding carboxylic acids is 1. The van der Waals surface area contributed by atoms with Crippen LogP contribution in [0.1, 0.15) is 12.5 Å². The average Bonchev–Trinajstić information content (AvgIpc) is 2.39. The summed E-state index contributed by atoms with van der Waals surface area (Å²) in [5, 5.41) is 2.16.